The summed E-state index contributed by atoms with van der Waals surface area (Å²) in [7, 11) is 0. The lowest BCUT2D eigenvalue weighted by atomic mass is 9.64. The Bertz CT molecular complexity index is 1340. The molecule has 0 aliphatic heterocycles. The fourth-order valence-electron chi connectivity index (χ4n) is 5.29. The minimum Gasteiger partial charge on any atom is -0.289 e. The minimum atomic E-state index is -0.0822. The van der Waals surface area contributed by atoms with Crippen molar-refractivity contribution in [3.05, 3.63) is 138 Å². The van der Waals surface area contributed by atoms with E-state index < -0.39 is 0 Å². The molecule has 2 atom stereocenters. The van der Waals surface area contributed by atoms with Crippen LogP contribution in [0.5, 0.6) is 0 Å². The fraction of sp³-hybridized carbons (Fsp3) is 0.0714. The summed E-state index contributed by atoms with van der Waals surface area (Å²) in [5.74, 6) is -0.0731. The zero-order valence-corrected chi connectivity index (χ0v) is 20.0. The smallest absolute Gasteiger partial charge is 0.193 e. The molecule has 0 unspecified atom stereocenters. The second kappa shape index (κ2) is 7.36. The first-order chi connectivity index (χ1) is 15.5. The fourth-order valence-corrected chi connectivity index (χ4v) is 6.01. The van der Waals surface area contributed by atoms with Gasteiger partial charge in [-0.15, -0.1) is 0 Å². The van der Waals surface area contributed by atoms with Gasteiger partial charge in [-0.2, -0.15) is 0 Å². The van der Waals surface area contributed by atoms with E-state index in [4.69, 9.17) is 0 Å². The van der Waals surface area contributed by atoms with Crippen LogP contribution >= 0.6 is 31.9 Å². The highest BCUT2D eigenvalue weighted by Crippen LogP contribution is 2.51. The molecule has 0 bridgehead atoms. The van der Waals surface area contributed by atoms with E-state index in [-0.39, 0.29) is 23.4 Å². The minimum absolute atomic E-state index is 0.0457. The maximum Gasteiger partial charge on any atom is 0.193 e. The van der Waals surface area contributed by atoms with Crippen molar-refractivity contribution in [1.29, 1.82) is 0 Å². The Morgan fingerprint density at radius 1 is 0.469 bits per heavy atom. The van der Waals surface area contributed by atoms with Crippen LogP contribution in [0.3, 0.4) is 0 Å². The number of rotatable bonds is 1. The van der Waals surface area contributed by atoms with Crippen molar-refractivity contribution in [2.45, 2.75) is 11.8 Å². The van der Waals surface area contributed by atoms with Gasteiger partial charge in [0.25, 0.3) is 0 Å². The van der Waals surface area contributed by atoms with E-state index in [0.29, 0.717) is 0 Å². The van der Waals surface area contributed by atoms with Crippen molar-refractivity contribution in [3.8, 4) is 0 Å². The molecule has 0 heterocycles. The number of ketones is 2. The summed E-state index contributed by atoms with van der Waals surface area (Å²) in [5, 5.41) is 0. The first-order valence-electron chi connectivity index (χ1n) is 10.4. The number of carbonyl (C=O) groups excluding carboxylic acids is 2. The lowest BCUT2D eigenvalue weighted by Gasteiger charge is -2.38. The highest BCUT2D eigenvalue weighted by atomic mass is 79.9. The van der Waals surface area contributed by atoms with Gasteiger partial charge in [0.1, 0.15) is 0 Å². The molecule has 0 radical (unpaired) electrons. The number of hydrogen-bond acceptors (Lipinski definition) is 2. The van der Waals surface area contributed by atoms with Crippen LogP contribution in [0.2, 0.25) is 0 Å². The Morgan fingerprint density at radius 2 is 0.844 bits per heavy atom. The van der Waals surface area contributed by atoms with Crippen LogP contribution in [0.15, 0.2) is 93.9 Å². The van der Waals surface area contributed by atoms with Gasteiger partial charge in [0.2, 0.25) is 0 Å². The maximum atomic E-state index is 13.4. The molecule has 0 spiro atoms. The summed E-state index contributed by atoms with van der Waals surface area (Å²) in [6.45, 7) is 0. The molecule has 4 heteroatoms. The summed E-state index contributed by atoms with van der Waals surface area (Å²) < 4.78 is 1.76. The molecule has 154 valence electrons. The standard InChI is InChI=1S/C28H16Br2O2/c29-15-9-11-19-23(13-15)27(31)21-7-3-1-5-17(21)25(19)26-18-6-2-4-8-22(18)28(32)24-14-16(30)10-12-20(24)26/h1-14,25-26H/t25-,26-/m0/s1. The Labute approximate surface area is 202 Å². The predicted octanol–water partition coefficient (Wildman–Crippen LogP) is 7.26. The molecule has 4 aromatic carbocycles. The van der Waals surface area contributed by atoms with E-state index in [1.54, 1.807) is 0 Å². The SMILES string of the molecule is O=C1c2ccccc2[C@H]([C@H]2c3ccccc3C(=O)c3cc(Br)ccc32)c2ccc(Br)cc21. The molecule has 2 aliphatic rings. The van der Waals surface area contributed by atoms with E-state index in [9.17, 15) is 9.59 Å². The van der Waals surface area contributed by atoms with Gasteiger partial charge >= 0.3 is 0 Å². The van der Waals surface area contributed by atoms with Crippen molar-refractivity contribution in [2.24, 2.45) is 0 Å². The van der Waals surface area contributed by atoms with Crippen LogP contribution in [-0.4, -0.2) is 11.6 Å². The molecule has 4 aromatic rings. The molecule has 2 aliphatic carbocycles. The van der Waals surface area contributed by atoms with Crippen LogP contribution in [-0.2, 0) is 0 Å². The van der Waals surface area contributed by atoms with Gasteiger partial charge in [0.15, 0.2) is 11.6 Å². The van der Waals surface area contributed by atoms with Gasteiger partial charge in [0.05, 0.1) is 0 Å². The topological polar surface area (TPSA) is 34.1 Å². The Kier molecular flexibility index (Phi) is 4.56. The zero-order valence-electron chi connectivity index (χ0n) is 16.8. The lowest BCUT2D eigenvalue weighted by molar-refractivity contribution is 0.102. The van der Waals surface area contributed by atoms with E-state index in [1.807, 2.05) is 60.7 Å². The first-order valence-corrected chi connectivity index (χ1v) is 12.0. The van der Waals surface area contributed by atoms with Gasteiger partial charge in [-0.3, -0.25) is 9.59 Å². The number of halogens is 2. The van der Waals surface area contributed by atoms with Crippen LogP contribution in [0.1, 0.15) is 65.9 Å². The monoisotopic (exact) mass is 542 g/mol. The molecule has 0 fully saturated rings. The predicted molar refractivity (Wildman–Crippen MR) is 132 cm³/mol. The molecule has 0 aromatic heterocycles. The molecular weight excluding hydrogens is 528 g/mol. The third kappa shape index (κ3) is 2.83. The second-order valence-electron chi connectivity index (χ2n) is 8.25. The summed E-state index contributed by atoms with van der Waals surface area (Å²) in [6.07, 6.45) is 0. The number of fused-ring (bicyclic) bond motifs is 4. The Balaban J connectivity index is 1.70. The van der Waals surface area contributed by atoms with Crippen molar-refractivity contribution in [2.75, 3.05) is 0 Å². The largest absolute Gasteiger partial charge is 0.289 e. The maximum absolute atomic E-state index is 13.4. The molecule has 0 saturated carbocycles. The first kappa shape index (κ1) is 19.8. The van der Waals surface area contributed by atoms with Gasteiger partial charge in [-0.05, 0) is 46.5 Å². The van der Waals surface area contributed by atoms with Gasteiger partial charge in [0, 0.05) is 43.0 Å². The van der Waals surface area contributed by atoms with Crippen LogP contribution < -0.4 is 0 Å². The Morgan fingerprint density at radius 3 is 1.28 bits per heavy atom. The molecule has 2 nitrogen and oxygen atoms in total. The quantitative estimate of drug-likeness (QED) is 0.253. The van der Waals surface area contributed by atoms with E-state index in [0.717, 1.165) is 53.5 Å². The zero-order chi connectivity index (χ0) is 22.0. The highest BCUT2D eigenvalue weighted by Gasteiger charge is 2.41. The molecular formula is C28H16Br2O2. The van der Waals surface area contributed by atoms with Crippen molar-refractivity contribution < 1.29 is 9.59 Å². The average molecular weight is 544 g/mol. The summed E-state index contributed by atoms with van der Waals surface area (Å²) in [4.78, 5) is 26.8. The summed E-state index contributed by atoms with van der Waals surface area (Å²) >= 11 is 7.08. The van der Waals surface area contributed by atoms with E-state index in [2.05, 4.69) is 56.1 Å². The molecule has 0 N–H and O–H groups in total. The van der Waals surface area contributed by atoms with Crippen LogP contribution in [0, 0.1) is 0 Å². The summed E-state index contributed by atoms with van der Waals surface area (Å²) in [6, 6.07) is 27.7. The van der Waals surface area contributed by atoms with Crippen molar-refractivity contribution in [1.82, 2.24) is 0 Å². The normalized spacial score (nSPS) is 18.4. The molecule has 0 saturated heterocycles. The lowest BCUT2D eigenvalue weighted by Crippen LogP contribution is -2.29. The Hall–Kier alpha value is -2.82. The molecule has 6 rings (SSSR count). The summed E-state index contributed by atoms with van der Waals surface area (Å²) in [5.41, 5.74) is 6.92. The third-order valence-electron chi connectivity index (χ3n) is 6.60. The van der Waals surface area contributed by atoms with Gasteiger partial charge in [-0.25, -0.2) is 0 Å². The van der Waals surface area contributed by atoms with Crippen LogP contribution in [0.4, 0.5) is 0 Å². The van der Waals surface area contributed by atoms with Crippen LogP contribution in [0.25, 0.3) is 0 Å². The van der Waals surface area contributed by atoms with Crippen molar-refractivity contribution in [3.63, 3.8) is 0 Å². The van der Waals surface area contributed by atoms with Gasteiger partial charge < -0.3 is 0 Å². The third-order valence-corrected chi connectivity index (χ3v) is 7.59. The van der Waals surface area contributed by atoms with E-state index >= 15 is 0 Å². The van der Waals surface area contributed by atoms with E-state index in [1.165, 1.54) is 0 Å². The number of carbonyl (C=O) groups is 2. The molecule has 32 heavy (non-hydrogen) atoms. The van der Waals surface area contributed by atoms with Gasteiger partial charge in [-0.1, -0.05) is 92.5 Å². The number of benzene rings is 4. The highest BCUT2D eigenvalue weighted by molar-refractivity contribution is 9.10. The number of hydrogen-bond donors (Lipinski definition) is 0. The second-order valence-corrected chi connectivity index (χ2v) is 10.1. The molecule has 0 amide bonds. The average Bonchev–Trinajstić information content (AvgIpc) is 2.81. The van der Waals surface area contributed by atoms with Crippen molar-refractivity contribution >= 4 is 43.4 Å².